The van der Waals surface area contributed by atoms with Gasteiger partial charge in [0.1, 0.15) is 6.61 Å². The first-order chi connectivity index (χ1) is 12.0. The Morgan fingerprint density at radius 3 is 2.52 bits per heavy atom. The van der Waals surface area contributed by atoms with E-state index in [1.807, 2.05) is 6.26 Å². The summed E-state index contributed by atoms with van der Waals surface area (Å²) < 4.78 is 47.2. The van der Waals surface area contributed by atoms with Crippen LogP contribution in [0.25, 0.3) is 11.4 Å². The van der Waals surface area contributed by atoms with Crippen LogP contribution < -0.4 is 4.74 Å². The highest BCUT2D eigenvalue weighted by atomic mass is 32.2. The molecule has 0 atom stereocenters. The molecule has 1 aromatic carbocycles. The predicted octanol–water partition coefficient (Wildman–Crippen LogP) is 3.85. The van der Waals surface area contributed by atoms with E-state index in [4.69, 9.17) is 4.74 Å². The Morgan fingerprint density at radius 2 is 1.88 bits per heavy atom. The van der Waals surface area contributed by atoms with Crippen LogP contribution in [0.2, 0.25) is 0 Å². The van der Waals surface area contributed by atoms with Gasteiger partial charge in [-0.05, 0) is 11.8 Å². The Morgan fingerprint density at radius 1 is 1.12 bits per heavy atom. The third kappa shape index (κ3) is 4.27. The average molecular weight is 368 g/mol. The summed E-state index contributed by atoms with van der Waals surface area (Å²) in [5.74, 6) is -1.06. The van der Waals surface area contributed by atoms with Crippen molar-refractivity contribution in [3.8, 4) is 17.3 Å². The summed E-state index contributed by atoms with van der Waals surface area (Å²) in [4.78, 5) is 11.6. The number of hydrogen-bond acceptors (Lipinski definition) is 7. The fourth-order valence-electron chi connectivity index (χ4n) is 1.87. The summed E-state index contributed by atoms with van der Waals surface area (Å²) in [6.45, 7) is 0.255. The molecule has 0 N–H and O–H groups in total. The molecule has 0 aliphatic heterocycles. The smallest absolute Gasteiger partial charge is 0.471 e. The lowest BCUT2D eigenvalue weighted by Crippen LogP contribution is -2.04. The van der Waals surface area contributed by atoms with Gasteiger partial charge in [-0.15, -0.1) is 0 Å². The number of thioether (sulfide) groups is 1. The monoisotopic (exact) mass is 368 g/mol. The maximum Gasteiger partial charge on any atom is 0.471 e. The lowest BCUT2D eigenvalue weighted by molar-refractivity contribution is -0.159. The largest absolute Gasteiger partial charge is 0.473 e. The van der Waals surface area contributed by atoms with Crippen LogP contribution in [0.1, 0.15) is 11.5 Å². The van der Waals surface area contributed by atoms with Crippen LogP contribution in [0.3, 0.4) is 0 Å². The topological polar surface area (TPSA) is 73.9 Å². The van der Waals surface area contributed by atoms with Crippen molar-refractivity contribution >= 4 is 11.8 Å². The Hall–Kier alpha value is -2.62. The Bertz CT molecular complexity index is 852. The van der Waals surface area contributed by atoms with E-state index in [9.17, 15) is 13.2 Å². The molecule has 130 valence electrons. The Kier molecular flexibility index (Phi) is 4.88. The molecule has 0 aliphatic carbocycles. The summed E-state index contributed by atoms with van der Waals surface area (Å²) in [6, 6.07) is 8.24. The number of hydrogen-bond donors (Lipinski definition) is 0. The molecule has 3 rings (SSSR count). The van der Waals surface area contributed by atoms with E-state index in [0.29, 0.717) is 16.6 Å². The minimum atomic E-state index is -4.66. The second-order valence-corrected chi connectivity index (χ2v) is 5.56. The van der Waals surface area contributed by atoms with Crippen molar-refractivity contribution in [2.75, 3.05) is 6.26 Å². The van der Waals surface area contributed by atoms with Gasteiger partial charge in [-0.2, -0.15) is 23.1 Å². The zero-order valence-electron chi connectivity index (χ0n) is 12.8. The lowest BCUT2D eigenvalue weighted by Gasteiger charge is -2.06. The van der Waals surface area contributed by atoms with Crippen LogP contribution in [-0.2, 0) is 12.8 Å². The number of halogens is 3. The van der Waals surface area contributed by atoms with Crippen molar-refractivity contribution < 1.29 is 22.4 Å². The molecule has 6 nitrogen and oxygen atoms in total. The molecule has 10 heteroatoms. The summed E-state index contributed by atoms with van der Waals surface area (Å²) in [7, 11) is 0. The second-order valence-electron chi connectivity index (χ2n) is 4.79. The molecule has 3 aromatic rings. The van der Waals surface area contributed by atoms with Gasteiger partial charge in [0, 0.05) is 17.8 Å². The molecule has 0 saturated carbocycles. The second kappa shape index (κ2) is 7.09. The van der Waals surface area contributed by atoms with E-state index in [1.54, 1.807) is 36.5 Å². The van der Waals surface area contributed by atoms with E-state index in [1.165, 1.54) is 11.8 Å². The van der Waals surface area contributed by atoms with Crippen LogP contribution in [0, 0.1) is 0 Å². The summed E-state index contributed by atoms with van der Waals surface area (Å²) in [5, 5.41) is 3.94. The molecule has 2 aromatic heterocycles. The highest BCUT2D eigenvalue weighted by molar-refractivity contribution is 7.98. The van der Waals surface area contributed by atoms with Gasteiger partial charge in [0.25, 0.3) is 0 Å². The van der Waals surface area contributed by atoms with Gasteiger partial charge < -0.3 is 9.26 Å². The van der Waals surface area contributed by atoms with Crippen molar-refractivity contribution in [2.45, 2.75) is 17.9 Å². The van der Waals surface area contributed by atoms with Crippen LogP contribution in [-0.4, -0.2) is 26.4 Å². The minimum Gasteiger partial charge on any atom is -0.473 e. The lowest BCUT2D eigenvalue weighted by atomic mass is 10.1. The molecule has 0 saturated heterocycles. The van der Waals surface area contributed by atoms with Crippen LogP contribution in [0.5, 0.6) is 5.88 Å². The van der Waals surface area contributed by atoms with Gasteiger partial charge in [0.15, 0.2) is 5.16 Å². The molecule has 25 heavy (non-hydrogen) atoms. The van der Waals surface area contributed by atoms with E-state index >= 15 is 0 Å². The minimum absolute atomic E-state index is 0.125. The number of aromatic nitrogens is 4. The van der Waals surface area contributed by atoms with Crippen LogP contribution in [0.15, 0.2) is 46.2 Å². The molecular weight excluding hydrogens is 357 g/mol. The third-order valence-corrected chi connectivity index (χ3v) is 3.62. The van der Waals surface area contributed by atoms with Crippen molar-refractivity contribution in [1.29, 1.82) is 0 Å². The number of rotatable bonds is 5. The van der Waals surface area contributed by atoms with Crippen LogP contribution in [0.4, 0.5) is 13.2 Å². The highest BCUT2D eigenvalue weighted by Gasteiger charge is 2.38. The number of ether oxygens (including phenoxy) is 1. The molecular formula is C15H11F3N4O2S. The SMILES string of the molecule is CSc1nccc(OCc2ccc(-c3noc(C(F)(F)F)n3)cc2)n1. The first-order valence-electron chi connectivity index (χ1n) is 6.96. The molecule has 0 bridgehead atoms. The normalized spacial score (nSPS) is 11.5. The fraction of sp³-hybridized carbons (Fsp3) is 0.200. The quantitative estimate of drug-likeness (QED) is 0.500. The zero-order chi connectivity index (χ0) is 17.9. The van der Waals surface area contributed by atoms with Crippen LogP contribution >= 0.6 is 11.8 Å². The summed E-state index contributed by atoms with van der Waals surface area (Å²) in [6.07, 6.45) is -1.20. The molecule has 0 unspecified atom stereocenters. The molecule has 0 aliphatic rings. The zero-order valence-corrected chi connectivity index (χ0v) is 13.6. The van der Waals surface area contributed by atoms with Gasteiger partial charge in [0.05, 0.1) is 0 Å². The van der Waals surface area contributed by atoms with Gasteiger partial charge in [-0.25, -0.2) is 4.98 Å². The number of alkyl halides is 3. The summed E-state index contributed by atoms with van der Waals surface area (Å²) >= 11 is 1.40. The molecule has 0 spiro atoms. The Labute approximate surface area is 144 Å². The fourth-order valence-corrected chi connectivity index (χ4v) is 2.21. The van der Waals surface area contributed by atoms with Crippen molar-refractivity contribution in [3.63, 3.8) is 0 Å². The molecule has 0 fully saturated rings. The molecule has 2 heterocycles. The van der Waals surface area contributed by atoms with Crippen molar-refractivity contribution in [3.05, 3.63) is 48.0 Å². The molecule has 0 radical (unpaired) electrons. The average Bonchev–Trinajstić information content (AvgIpc) is 3.11. The van der Waals surface area contributed by atoms with Gasteiger partial charge in [-0.1, -0.05) is 41.2 Å². The first kappa shape index (κ1) is 17.2. The molecule has 0 amide bonds. The van der Waals surface area contributed by atoms with Gasteiger partial charge in [-0.3, -0.25) is 0 Å². The Balaban J connectivity index is 1.67. The predicted molar refractivity (Wildman–Crippen MR) is 82.9 cm³/mol. The highest BCUT2D eigenvalue weighted by Crippen LogP contribution is 2.29. The van der Waals surface area contributed by atoms with E-state index in [2.05, 4.69) is 24.6 Å². The van der Waals surface area contributed by atoms with Crippen molar-refractivity contribution in [1.82, 2.24) is 20.1 Å². The third-order valence-electron chi connectivity index (χ3n) is 3.06. The standard InChI is InChI=1S/C15H11F3N4O2S/c1-25-14-19-7-6-11(20-14)23-8-9-2-4-10(5-3-9)12-21-13(24-22-12)15(16,17)18/h2-7H,8H2,1H3. The van der Waals surface area contributed by atoms with Crippen molar-refractivity contribution in [2.24, 2.45) is 0 Å². The van der Waals surface area contributed by atoms with Gasteiger partial charge in [0.2, 0.25) is 11.7 Å². The summed E-state index contributed by atoms with van der Waals surface area (Å²) in [5.41, 5.74) is 1.22. The maximum absolute atomic E-state index is 12.5. The van der Waals surface area contributed by atoms with E-state index in [-0.39, 0.29) is 12.4 Å². The van der Waals surface area contributed by atoms with Gasteiger partial charge >= 0.3 is 12.1 Å². The maximum atomic E-state index is 12.5. The number of benzene rings is 1. The van der Waals surface area contributed by atoms with E-state index < -0.39 is 12.1 Å². The van der Waals surface area contributed by atoms with E-state index in [0.717, 1.165) is 5.56 Å². The number of nitrogens with zero attached hydrogens (tertiary/aromatic N) is 4. The first-order valence-corrected chi connectivity index (χ1v) is 8.18.